The highest BCUT2D eigenvalue weighted by molar-refractivity contribution is 5.09. The van der Waals surface area contributed by atoms with E-state index < -0.39 is 0 Å². The van der Waals surface area contributed by atoms with Gasteiger partial charge in [-0.2, -0.15) is 0 Å². The van der Waals surface area contributed by atoms with E-state index in [0.29, 0.717) is 0 Å². The van der Waals surface area contributed by atoms with Gasteiger partial charge < -0.3 is 5.32 Å². The largest absolute Gasteiger partial charge is 0.301 e. The molecule has 1 heteroatoms. The molecule has 0 radical (unpaired) electrons. The highest BCUT2D eigenvalue weighted by Gasteiger charge is 1.91. The lowest BCUT2D eigenvalue weighted by Crippen LogP contribution is -2.24. The number of rotatable bonds is 3. The van der Waals surface area contributed by atoms with Crippen molar-refractivity contribution in [2.24, 2.45) is 0 Å². The van der Waals surface area contributed by atoms with Gasteiger partial charge in [0.25, 0.3) is 0 Å². The summed E-state index contributed by atoms with van der Waals surface area (Å²) in [7, 11) is 0. The maximum Gasteiger partial charge on any atom is 0.0872 e. The topological polar surface area (TPSA) is 12.0 Å². The Hall–Kier alpha value is -0.740. The molecule has 0 saturated heterocycles. The summed E-state index contributed by atoms with van der Waals surface area (Å²) in [6.07, 6.45) is 9.09. The second kappa shape index (κ2) is 5.40. The van der Waals surface area contributed by atoms with Crippen molar-refractivity contribution < 1.29 is 0 Å². The summed E-state index contributed by atoms with van der Waals surface area (Å²) in [5.74, 6) is 2.61. The standard InChI is InChI=1S/C8H13N/c1-4-7-8(5-2)9-6-3/h2,4,7-9H,6H2,1,3H3/b7-4+. The van der Waals surface area contributed by atoms with Crippen LogP contribution in [0.5, 0.6) is 0 Å². The van der Waals surface area contributed by atoms with E-state index in [4.69, 9.17) is 6.42 Å². The molecule has 0 aromatic carbocycles. The Morgan fingerprint density at radius 1 is 1.78 bits per heavy atom. The fourth-order valence-electron chi connectivity index (χ4n) is 0.595. The van der Waals surface area contributed by atoms with Crippen molar-refractivity contribution in [1.29, 1.82) is 0 Å². The second-order valence-electron chi connectivity index (χ2n) is 1.73. The summed E-state index contributed by atoms with van der Waals surface area (Å²) in [5.41, 5.74) is 0. The molecular formula is C8H13N. The summed E-state index contributed by atoms with van der Waals surface area (Å²) in [5, 5.41) is 3.11. The zero-order chi connectivity index (χ0) is 7.11. The third-order valence-corrected chi connectivity index (χ3v) is 0.988. The van der Waals surface area contributed by atoms with Crippen LogP contribution in [-0.2, 0) is 0 Å². The molecule has 0 aliphatic heterocycles. The first kappa shape index (κ1) is 8.26. The average molecular weight is 123 g/mol. The van der Waals surface area contributed by atoms with E-state index in [1.807, 2.05) is 26.0 Å². The van der Waals surface area contributed by atoms with Crippen molar-refractivity contribution in [2.45, 2.75) is 19.9 Å². The van der Waals surface area contributed by atoms with Crippen LogP contribution in [-0.4, -0.2) is 12.6 Å². The van der Waals surface area contributed by atoms with E-state index in [1.165, 1.54) is 0 Å². The minimum atomic E-state index is 0.111. The molecule has 0 aromatic rings. The Labute approximate surface area is 57.2 Å². The SMILES string of the molecule is C#CC(/C=C/C)NCC. The van der Waals surface area contributed by atoms with E-state index >= 15 is 0 Å². The van der Waals surface area contributed by atoms with Crippen LogP contribution in [0.2, 0.25) is 0 Å². The van der Waals surface area contributed by atoms with Crippen LogP contribution >= 0.6 is 0 Å². The van der Waals surface area contributed by atoms with Gasteiger partial charge in [-0.3, -0.25) is 0 Å². The molecule has 1 N–H and O–H groups in total. The number of allylic oxidation sites excluding steroid dienone is 1. The molecule has 1 nitrogen and oxygen atoms in total. The number of hydrogen-bond acceptors (Lipinski definition) is 1. The van der Waals surface area contributed by atoms with Gasteiger partial charge in [-0.1, -0.05) is 25.0 Å². The normalized spacial score (nSPS) is 13.4. The number of nitrogens with one attached hydrogen (secondary N) is 1. The third-order valence-electron chi connectivity index (χ3n) is 0.988. The Morgan fingerprint density at radius 3 is 2.78 bits per heavy atom. The highest BCUT2D eigenvalue weighted by atomic mass is 14.9. The lowest BCUT2D eigenvalue weighted by atomic mass is 10.3. The van der Waals surface area contributed by atoms with Crippen LogP contribution in [0, 0.1) is 12.3 Å². The summed E-state index contributed by atoms with van der Waals surface area (Å²) in [4.78, 5) is 0. The Kier molecular flexibility index (Phi) is 4.95. The molecule has 0 heterocycles. The summed E-state index contributed by atoms with van der Waals surface area (Å²) in [6, 6.07) is 0.111. The molecule has 0 aliphatic carbocycles. The van der Waals surface area contributed by atoms with Crippen LogP contribution in [0.15, 0.2) is 12.2 Å². The molecule has 9 heavy (non-hydrogen) atoms. The Balaban J connectivity index is 3.58. The Bertz CT molecular complexity index is 119. The van der Waals surface area contributed by atoms with Crippen LogP contribution in [0.1, 0.15) is 13.8 Å². The van der Waals surface area contributed by atoms with E-state index in [2.05, 4.69) is 11.2 Å². The van der Waals surface area contributed by atoms with Crippen LogP contribution in [0.3, 0.4) is 0 Å². The first-order valence-electron chi connectivity index (χ1n) is 3.17. The fourth-order valence-corrected chi connectivity index (χ4v) is 0.595. The van der Waals surface area contributed by atoms with Crippen LogP contribution in [0.4, 0.5) is 0 Å². The van der Waals surface area contributed by atoms with Gasteiger partial charge in [0, 0.05) is 0 Å². The molecule has 1 unspecified atom stereocenters. The van der Waals surface area contributed by atoms with Crippen molar-refractivity contribution in [1.82, 2.24) is 5.32 Å². The first-order valence-corrected chi connectivity index (χ1v) is 3.17. The van der Waals surface area contributed by atoms with Gasteiger partial charge >= 0.3 is 0 Å². The lowest BCUT2D eigenvalue weighted by Gasteiger charge is -2.03. The van der Waals surface area contributed by atoms with Gasteiger partial charge in [0.1, 0.15) is 0 Å². The molecular weight excluding hydrogens is 110 g/mol. The lowest BCUT2D eigenvalue weighted by molar-refractivity contribution is 0.722. The van der Waals surface area contributed by atoms with E-state index in [-0.39, 0.29) is 6.04 Å². The summed E-state index contributed by atoms with van der Waals surface area (Å²) >= 11 is 0. The average Bonchev–Trinajstić information content (AvgIpc) is 1.88. The maximum atomic E-state index is 5.18. The van der Waals surface area contributed by atoms with Crippen molar-refractivity contribution in [3.05, 3.63) is 12.2 Å². The minimum absolute atomic E-state index is 0.111. The summed E-state index contributed by atoms with van der Waals surface area (Å²) in [6.45, 7) is 4.91. The maximum absolute atomic E-state index is 5.18. The van der Waals surface area contributed by atoms with E-state index in [1.54, 1.807) is 0 Å². The van der Waals surface area contributed by atoms with Crippen LogP contribution in [0.25, 0.3) is 0 Å². The third kappa shape index (κ3) is 3.81. The molecule has 0 fully saturated rings. The van der Waals surface area contributed by atoms with Gasteiger partial charge in [-0.25, -0.2) is 0 Å². The zero-order valence-electron chi connectivity index (χ0n) is 6.02. The number of terminal acetylenes is 1. The van der Waals surface area contributed by atoms with Gasteiger partial charge in [-0.15, -0.1) is 6.42 Å². The van der Waals surface area contributed by atoms with E-state index in [9.17, 15) is 0 Å². The predicted molar refractivity (Wildman–Crippen MR) is 41.1 cm³/mol. The predicted octanol–water partition coefficient (Wildman–Crippen LogP) is 1.17. The van der Waals surface area contributed by atoms with Gasteiger partial charge in [0.15, 0.2) is 0 Å². The number of hydrogen-bond donors (Lipinski definition) is 1. The zero-order valence-corrected chi connectivity index (χ0v) is 6.02. The molecule has 50 valence electrons. The molecule has 0 aromatic heterocycles. The monoisotopic (exact) mass is 123 g/mol. The van der Waals surface area contributed by atoms with E-state index in [0.717, 1.165) is 6.54 Å². The number of likely N-dealkylation sites (N-methyl/N-ethyl adjacent to an activating group) is 1. The molecule has 0 saturated carbocycles. The minimum Gasteiger partial charge on any atom is -0.301 e. The van der Waals surface area contributed by atoms with Crippen molar-refractivity contribution in [3.63, 3.8) is 0 Å². The summed E-state index contributed by atoms with van der Waals surface area (Å²) < 4.78 is 0. The fraction of sp³-hybridized carbons (Fsp3) is 0.500. The molecule has 0 spiro atoms. The van der Waals surface area contributed by atoms with Crippen molar-refractivity contribution in [2.75, 3.05) is 6.54 Å². The molecule has 0 aliphatic rings. The van der Waals surface area contributed by atoms with Crippen molar-refractivity contribution >= 4 is 0 Å². The van der Waals surface area contributed by atoms with Crippen LogP contribution < -0.4 is 5.32 Å². The molecule has 1 atom stereocenters. The highest BCUT2D eigenvalue weighted by Crippen LogP contribution is 1.81. The molecule has 0 amide bonds. The first-order chi connectivity index (χ1) is 4.35. The van der Waals surface area contributed by atoms with Crippen molar-refractivity contribution in [3.8, 4) is 12.3 Å². The van der Waals surface area contributed by atoms with Gasteiger partial charge in [0.05, 0.1) is 6.04 Å². The quantitative estimate of drug-likeness (QED) is 0.439. The molecule has 0 rings (SSSR count). The Morgan fingerprint density at radius 2 is 2.44 bits per heavy atom. The second-order valence-corrected chi connectivity index (χ2v) is 1.73. The molecule has 0 bridgehead atoms. The van der Waals surface area contributed by atoms with Gasteiger partial charge in [-0.05, 0) is 13.5 Å². The smallest absolute Gasteiger partial charge is 0.0872 e. The van der Waals surface area contributed by atoms with Gasteiger partial charge in [0.2, 0.25) is 0 Å².